The van der Waals surface area contributed by atoms with Crippen LogP contribution < -0.4 is 0 Å². The summed E-state index contributed by atoms with van der Waals surface area (Å²) >= 11 is 3.40. The molecule has 8 heteroatoms. The topological polar surface area (TPSA) is 74.8 Å². The van der Waals surface area contributed by atoms with Crippen LogP contribution in [0.4, 0.5) is 0 Å². The van der Waals surface area contributed by atoms with Gasteiger partial charge < -0.3 is 0 Å². The van der Waals surface area contributed by atoms with Gasteiger partial charge in [0.15, 0.2) is 0 Å². The van der Waals surface area contributed by atoms with Crippen LogP contribution in [-0.4, -0.2) is 29.9 Å². The lowest BCUT2D eigenvalue weighted by atomic mass is 9.70. The summed E-state index contributed by atoms with van der Waals surface area (Å²) in [6, 6.07) is 0. The Morgan fingerprint density at radius 3 is 1.11 bits per heavy atom. The van der Waals surface area contributed by atoms with E-state index in [1.807, 2.05) is 0 Å². The van der Waals surface area contributed by atoms with E-state index in [4.69, 9.17) is 0 Å². The predicted octanol–water partition coefficient (Wildman–Crippen LogP) is 0.683. The summed E-state index contributed by atoms with van der Waals surface area (Å²) in [4.78, 5) is 47.6. The quantitative estimate of drug-likeness (QED) is 0.294. The largest absolute Gasteiger partial charge is 0.273 e. The van der Waals surface area contributed by atoms with Gasteiger partial charge in [0.05, 0.1) is 69.4 Å². The molecule has 4 amide bonds. The van der Waals surface area contributed by atoms with Crippen LogP contribution in [0.15, 0.2) is 0 Å². The van der Waals surface area contributed by atoms with E-state index in [-0.39, 0.29) is 23.6 Å². The van der Waals surface area contributed by atoms with Crippen molar-refractivity contribution >= 4 is 69.4 Å². The van der Waals surface area contributed by atoms with Gasteiger partial charge in [-0.25, -0.2) is 6.23 Å². The van der Waals surface area contributed by atoms with Crippen LogP contribution in [-0.2, 0) is 19.2 Å². The molecule has 1 aliphatic carbocycles. The second-order valence-electron chi connectivity index (χ2n) is 4.81. The van der Waals surface area contributed by atoms with E-state index in [0.29, 0.717) is 12.8 Å². The molecule has 0 aromatic rings. The minimum Gasteiger partial charge on any atom is -0.273 e. The second-order valence-corrected chi connectivity index (χ2v) is 6.74. The number of nitrogens with zero attached hydrogens (tertiary/aromatic N) is 2. The molecule has 3 fully saturated rings. The summed E-state index contributed by atoms with van der Waals surface area (Å²) in [5, 5.41) is 0. The molecule has 1 saturated carbocycles. The maximum Gasteiger partial charge on any atom is 0.242 e. The standard InChI is InChI=1S/C10H8I2N2O4/c11-13-7(15)3-1-4-6(2-5(3)9(13)17)10(18)14(12)8(4)16/h3-6H,1-2H2. The molecule has 0 spiro atoms. The highest BCUT2D eigenvalue weighted by molar-refractivity contribution is 14.1. The van der Waals surface area contributed by atoms with Gasteiger partial charge in [0.1, 0.15) is 0 Å². The normalized spacial score (nSPS) is 39.4. The number of carbonyl (C=O) groups excluding carboxylic acids is 4. The molecule has 2 saturated heterocycles. The first kappa shape index (κ1) is 12.8. The third kappa shape index (κ3) is 1.50. The van der Waals surface area contributed by atoms with Crippen LogP contribution in [0.3, 0.4) is 0 Å². The second kappa shape index (κ2) is 4.12. The molecule has 3 aliphatic rings. The predicted molar refractivity (Wildman–Crippen MR) is 74.9 cm³/mol. The SMILES string of the molecule is O=C1C2CC3C(=O)N(I)C(=O)C3CC2C(=O)N1I. The highest BCUT2D eigenvalue weighted by Gasteiger charge is 2.59. The van der Waals surface area contributed by atoms with E-state index in [2.05, 4.69) is 0 Å². The Bertz CT molecular complexity index is 410. The number of imide groups is 2. The van der Waals surface area contributed by atoms with Crippen LogP contribution in [0.1, 0.15) is 12.8 Å². The summed E-state index contributed by atoms with van der Waals surface area (Å²) in [7, 11) is 0. The van der Waals surface area contributed by atoms with E-state index < -0.39 is 23.7 Å². The Balaban J connectivity index is 1.94. The van der Waals surface area contributed by atoms with Crippen LogP contribution >= 0.6 is 45.7 Å². The van der Waals surface area contributed by atoms with Crippen molar-refractivity contribution in [1.29, 1.82) is 0 Å². The monoisotopic (exact) mass is 474 g/mol. The maximum atomic E-state index is 11.9. The van der Waals surface area contributed by atoms with E-state index >= 15 is 0 Å². The van der Waals surface area contributed by atoms with Gasteiger partial charge in [-0.05, 0) is 12.8 Å². The number of fused-ring (bicyclic) bond motifs is 2. The molecule has 3 rings (SSSR count). The van der Waals surface area contributed by atoms with Gasteiger partial charge in [0, 0.05) is 0 Å². The Morgan fingerprint density at radius 1 is 0.667 bits per heavy atom. The molecular weight excluding hydrogens is 466 g/mol. The zero-order chi connectivity index (χ0) is 13.2. The van der Waals surface area contributed by atoms with Gasteiger partial charge in [0.25, 0.3) is 0 Å². The van der Waals surface area contributed by atoms with E-state index in [0.717, 1.165) is 6.23 Å². The van der Waals surface area contributed by atoms with Crippen molar-refractivity contribution in [1.82, 2.24) is 6.23 Å². The van der Waals surface area contributed by atoms with Crippen LogP contribution in [0.2, 0.25) is 0 Å². The van der Waals surface area contributed by atoms with Gasteiger partial charge >= 0.3 is 0 Å². The lowest BCUT2D eigenvalue weighted by Gasteiger charge is -2.28. The Kier molecular flexibility index (Phi) is 2.92. The molecular formula is C10H8I2N2O4. The van der Waals surface area contributed by atoms with Gasteiger partial charge in [-0.2, -0.15) is 0 Å². The molecule has 4 unspecified atom stereocenters. The van der Waals surface area contributed by atoms with Crippen molar-refractivity contribution in [2.75, 3.05) is 0 Å². The average Bonchev–Trinajstić information content (AvgIpc) is 2.71. The van der Waals surface area contributed by atoms with E-state index in [9.17, 15) is 19.2 Å². The van der Waals surface area contributed by atoms with Crippen molar-refractivity contribution in [3.05, 3.63) is 0 Å². The maximum absolute atomic E-state index is 11.9. The number of halogens is 2. The third-order valence-corrected chi connectivity index (χ3v) is 5.93. The number of amides is 4. The minimum atomic E-state index is -0.421. The lowest BCUT2D eigenvalue weighted by molar-refractivity contribution is -0.132. The molecule has 0 radical (unpaired) electrons. The first-order valence-corrected chi connectivity index (χ1v) is 7.43. The zero-order valence-electron chi connectivity index (χ0n) is 9.01. The van der Waals surface area contributed by atoms with Crippen molar-refractivity contribution in [2.24, 2.45) is 23.7 Å². The average molecular weight is 474 g/mol. The number of carbonyl (C=O) groups is 4. The fourth-order valence-electron chi connectivity index (χ4n) is 3.10. The summed E-state index contributed by atoms with van der Waals surface area (Å²) in [6.07, 6.45) is 0.646. The lowest BCUT2D eigenvalue weighted by Crippen LogP contribution is -2.35. The fourth-order valence-corrected chi connectivity index (χ4v) is 4.53. The third-order valence-electron chi connectivity index (χ3n) is 4.03. The van der Waals surface area contributed by atoms with Crippen molar-refractivity contribution in [2.45, 2.75) is 12.8 Å². The molecule has 0 bridgehead atoms. The molecule has 2 heterocycles. The molecule has 6 nitrogen and oxygen atoms in total. The first-order chi connectivity index (χ1) is 8.43. The minimum absolute atomic E-state index is 0.226. The fraction of sp³-hybridized carbons (Fsp3) is 0.600. The van der Waals surface area contributed by atoms with Gasteiger partial charge in [0.2, 0.25) is 23.6 Å². The van der Waals surface area contributed by atoms with Crippen molar-refractivity contribution in [3.8, 4) is 0 Å². The van der Waals surface area contributed by atoms with Crippen LogP contribution in [0.25, 0.3) is 0 Å². The smallest absolute Gasteiger partial charge is 0.242 e. The molecule has 0 aromatic carbocycles. The van der Waals surface area contributed by atoms with E-state index in [1.165, 1.54) is 0 Å². The van der Waals surface area contributed by atoms with Gasteiger partial charge in [-0.1, -0.05) is 0 Å². The number of hydrogen-bond acceptors (Lipinski definition) is 4. The van der Waals surface area contributed by atoms with E-state index in [1.54, 1.807) is 45.7 Å². The Morgan fingerprint density at radius 2 is 0.889 bits per heavy atom. The summed E-state index contributed by atoms with van der Waals surface area (Å²) < 4.78 is 2.20. The molecule has 0 aromatic heterocycles. The number of hydrogen-bond donors (Lipinski definition) is 0. The van der Waals surface area contributed by atoms with Crippen molar-refractivity contribution < 1.29 is 19.2 Å². The number of rotatable bonds is 0. The summed E-state index contributed by atoms with van der Waals surface area (Å²) in [5.74, 6) is -2.59. The summed E-state index contributed by atoms with van der Waals surface area (Å²) in [6.45, 7) is 0. The Hall–Kier alpha value is -0.260. The van der Waals surface area contributed by atoms with Crippen molar-refractivity contribution in [3.63, 3.8) is 0 Å². The van der Waals surface area contributed by atoms with Gasteiger partial charge in [-0.3, -0.25) is 19.2 Å². The Labute approximate surface area is 130 Å². The highest BCUT2D eigenvalue weighted by Crippen LogP contribution is 2.48. The summed E-state index contributed by atoms with van der Waals surface area (Å²) in [5.41, 5.74) is 0. The van der Waals surface area contributed by atoms with Crippen LogP contribution in [0.5, 0.6) is 0 Å². The molecule has 18 heavy (non-hydrogen) atoms. The molecule has 0 N–H and O–H groups in total. The molecule has 96 valence electrons. The zero-order valence-corrected chi connectivity index (χ0v) is 13.3. The van der Waals surface area contributed by atoms with Gasteiger partial charge in [-0.15, -0.1) is 0 Å². The first-order valence-electron chi connectivity index (χ1n) is 5.50. The molecule has 2 aliphatic heterocycles. The highest BCUT2D eigenvalue weighted by atomic mass is 127. The van der Waals surface area contributed by atoms with Crippen LogP contribution in [0, 0.1) is 23.7 Å². The molecule has 4 atom stereocenters.